The average molecular weight is 328 g/mol. The van der Waals surface area contributed by atoms with Crippen LogP contribution in [0.3, 0.4) is 0 Å². The first kappa shape index (κ1) is 17.3. The zero-order valence-electron chi connectivity index (χ0n) is 14.1. The monoisotopic (exact) mass is 328 g/mol. The molecule has 0 radical (unpaired) electrons. The predicted octanol–water partition coefficient (Wildman–Crippen LogP) is 4.37. The van der Waals surface area contributed by atoms with Crippen LogP contribution in [0.15, 0.2) is 42.5 Å². The molecule has 0 spiro atoms. The quantitative estimate of drug-likeness (QED) is 0.799. The van der Waals surface area contributed by atoms with E-state index in [0.29, 0.717) is 11.7 Å². The van der Waals surface area contributed by atoms with Crippen molar-refractivity contribution in [2.24, 2.45) is 0 Å². The van der Waals surface area contributed by atoms with Gasteiger partial charge in [0.15, 0.2) is 5.11 Å². The molecular formula is C19H24N2OS. The molecule has 0 aliphatic heterocycles. The lowest BCUT2D eigenvalue weighted by Crippen LogP contribution is -2.39. The van der Waals surface area contributed by atoms with Gasteiger partial charge in [0.25, 0.3) is 0 Å². The maximum atomic E-state index is 5.82. The van der Waals surface area contributed by atoms with E-state index in [1.54, 1.807) is 0 Å². The maximum absolute atomic E-state index is 5.82. The van der Waals surface area contributed by atoms with Crippen molar-refractivity contribution in [3.05, 3.63) is 59.2 Å². The minimum absolute atomic E-state index is 0.112. The number of nitrogens with one attached hydrogen (secondary N) is 2. The second-order valence-electron chi connectivity index (χ2n) is 5.93. The topological polar surface area (TPSA) is 33.3 Å². The molecule has 0 amide bonds. The van der Waals surface area contributed by atoms with Gasteiger partial charge < -0.3 is 15.4 Å². The van der Waals surface area contributed by atoms with Crippen LogP contribution >= 0.6 is 12.2 Å². The van der Waals surface area contributed by atoms with Crippen molar-refractivity contribution in [2.45, 2.75) is 33.7 Å². The van der Waals surface area contributed by atoms with Crippen molar-refractivity contribution in [1.29, 1.82) is 0 Å². The van der Waals surface area contributed by atoms with E-state index in [2.05, 4.69) is 55.7 Å². The summed E-state index contributed by atoms with van der Waals surface area (Å²) >= 11 is 5.35. The number of ether oxygens (including phenoxy) is 1. The number of thiocarbonyl (C=S) groups is 1. The summed E-state index contributed by atoms with van der Waals surface area (Å²) in [5.74, 6) is 0.888. The second-order valence-corrected chi connectivity index (χ2v) is 6.33. The predicted molar refractivity (Wildman–Crippen MR) is 101 cm³/mol. The summed E-state index contributed by atoms with van der Waals surface area (Å²) in [6.45, 7) is 8.84. The standard InChI is InChI=1S/C19H24N2OS/c1-13-6-5-7-17(10-13)21-19(23)20-16(4)12-22-18-9-8-14(2)15(3)11-18/h5-11,16H,12H2,1-4H3,(H2,20,21,23). The number of hydrogen-bond acceptors (Lipinski definition) is 2. The van der Waals surface area contributed by atoms with Gasteiger partial charge in [-0.2, -0.15) is 0 Å². The zero-order valence-corrected chi connectivity index (χ0v) is 15.0. The van der Waals surface area contributed by atoms with Crippen molar-refractivity contribution >= 4 is 23.0 Å². The molecule has 1 atom stereocenters. The van der Waals surface area contributed by atoms with Gasteiger partial charge in [0.1, 0.15) is 12.4 Å². The Labute approximate surface area is 144 Å². The molecule has 23 heavy (non-hydrogen) atoms. The molecule has 0 bridgehead atoms. The van der Waals surface area contributed by atoms with Crippen molar-refractivity contribution in [2.75, 3.05) is 11.9 Å². The normalized spacial score (nSPS) is 11.7. The number of benzene rings is 2. The molecule has 0 aromatic heterocycles. The Bertz CT molecular complexity index is 685. The van der Waals surface area contributed by atoms with Gasteiger partial charge in [-0.1, -0.05) is 18.2 Å². The molecule has 122 valence electrons. The van der Waals surface area contributed by atoms with E-state index < -0.39 is 0 Å². The molecular weight excluding hydrogens is 304 g/mol. The summed E-state index contributed by atoms with van der Waals surface area (Å²) in [5.41, 5.74) is 4.69. The molecule has 2 rings (SSSR count). The third-order valence-corrected chi connectivity index (χ3v) is 3.85. The van der Waals surface area contributed by atoms with Crippen LogP contribution < -0.4 is 15.4 Å². The van der Waals surface area contributed by atoms with E-state index >= 15 is 0 Å². The minimum atomic E-state index is 0.112. The third kappa shape index (κ3) is 5.57. The van der Waals surface area contributed by atoms with Gasteiger partial charge in [-0.3, -0.25) is 0 Å². The lowest BCUT2D eigenvalue weighted by atomic mass is 10.1. The van der Waals surface area contributed by atoms with Gasteiger partial charge in [0.2, 0.25) is 0 Å². The van der Waals surface area contributed by atoms with Crippen LogP contribution in [0.1, 0.15) is 23.6 Å². The Hall–Kier alpha value is -2.07. The van der Waals surface area contributed by atoms with Crippen LogP contribution in [0.5, 0.6) is 5.75 Å². The molecule has 0 fully saturated rings. The van der Waals surface area contributed by atoms with E-state index in [1.165, 1.54) is 16.7 Å². The summed E-state index contributed by atoms with van der Waals surface area (Å²) in [6.07, 6.45) is 0. The molecule has 1 unspecified atom stereocenters. The van der Waals surface area contributed by atoms with Crippen molar-refractivity contribution < 1.29 is 4.74 Å². The van der Waals surface area contributed by atoms with Gasteiger partial charge in [-0.25, -0.2) is 0 Å². The van der Waals surface area contributed by atoms with Crippen LogP contribution in [-0.4, -0.2) is 17.8 Å². The van der Waals surface area contributed by atoms with E-state index in [-0.39, 0.29) is 6.04 Å². The van der Waals surface area contributed by atoms with Crippen LogP contribution in [0.25, 0.3) is 0 Å². The Morgan fingerprint density at radius 1 is 1.09 bits per heavy atom. The highest BCUT2D eigenvalue weighted by Gasteiger charge is 2.06. The Morgan fingerprint density at radius 2 is 1.87 bits per heavy atom. The van der Waals surface area contributed by atoms with Crippen molar-refractivity contribution in [1.82, 2.24) is 5.32 Å². The molecule has 2 aromatic rings. The van der Waals surface area contributed by atoms with E-state index in [0.717, 1.165) is 11.4 Å². The highest BCUT2D eigenvalue weighted by atomic mass is 32.1. The van der Waals surface area contributed by atoms with Gasteiger partial charge in [-0.05, 0) is 80.9 Å². The number of hydrogen-bond donors (Lipinski definition) is 2. The molecule has 0 saturated carbocycles. The Balaban J connectivity index is 1.80. The fraction of sp³-hybridized carbons (Fsp3) is 0.316. The minimum Gasteiger partial charge on any atom is -0.491 e. The molecule has 0 saturated heterocycles. The Kier molecular flexibility index (Phi) is 5.99. The smallest absolute Gasteiger partial charge is 0.171 e. The zero-order chi connectivity index (χ0) is 16.8. The lowest BCUT2D eigenvalue weighted by molar-refractivity contribution is 0.287. The lowest BCUT2D eigenvalue weighted by Gasteiger charge is -2.18. The van der Waals surface area contributed by atoms with Gasteiger partial charge >= 0.3 is 0 Å². The van der Waals surface area contributed by atoms with E-state index in [1.807, 2.05) is 25.1 Å². The molecule has 0 aliphatic rings. The average Bonchev–Trinajstić information content (AvgIpc) is 2.48. The van der Waals surface area contributed by atoms with Crippen LogP contribution in [0.2, 0.25) is 0 Å². The molecule has 3 nitrogen and oxygen atoms in total. The highest BCUT2D eigenvalue weighted by molar-refractivity contribution is 7.80. The summed E-state index contributed by atoms with van der Waals surface area (Å²) in [5, 5.41) is 7.04. The summed E-state index contributed by atoms with van der Waals surface area (Å²) in [4.78, 5) is 0. The summed E-state index contributed by atoms with van der Waals surface area (Å²) < 4.78 is 5.82. The fourth-order valence-electron chi connectivity index (χ4n) is 2.18. The third-order valence-electron chi connectivity index (χ3n) is 3.63. The highest BCUT2D eigenvalue weighted by Crippen LogP contribution is 2.16. The fourth-order valence-corrected chi connectivity index (χ4v) is 2.50. The first-order valence-corrected chi connectivity index (χ1v) is 8.19. The first-order valence-electron chi connectivity index (χ1n) is 7.78. The maximum Gasteiger partial charge on any atom is 0.171 e. The number of anilines is 1. The van der Waals surface area contributed by atoms with Gasteiger partial charge in [0.05, 0.1) is 6.04 Å². The number of aryl methyl sites for hydroxylation is 3. The van der Waals surface area contributed by atoms with Crippen LogP contribution in [0, 0.1) is 20.8 Å². The molecule has 2 aromatic carbocycles. The summed E-state index contributed by atoms with van der Waals surface area (Å²) in [7, 11) is 0. The first-order chi connectivity index (χ1) is 10.9. The largest absolute Gasteiger partial charge is 0.491 e. The van der Waals surface area contributed by atoms with Gasteiger partial charge in [0, 0.05) is 5.69 Å². The van der Waals surface area contributed by atoms with Crippen molar-refractivity contribution in [3.63, 3.8) is 0 Å². The second kappa shape index (κ2) is 7.97. The Morgan fingerprint density at radius 3 is 2.57 bits per heavy atom. The van der Waals surface area contributed by atoms with E-state index in [9.17, 15) is 0 Å². The van der Waals surface area contributed by atoms with Gasteiger partial charge in [-0.15, -0.1) is 0 Å². The number of rotatable bonds is 5. The van der Waals surface area contributed by atoms with Crippen LogP contribution in [0.4, 0.5) is 5.69 Å². The van der Waals surface area contributed by atoms with Crippen LogP contribution in [-0.2, 0) is 0 Å². The molecule has 0 aliphatic carbocycles. The van der Waals surface area contributed by atoms with Crippen molar-refractivity contribution in [3.8, 4) is 5.75 Å². The molecule has 2 N–H and O–H groups in total. The molecule has 4 heteroatoms. The molecule has 0 heterocycles. The SMILES string of the molecule is Cc1cccc(NC(=S)NC(C)COc2ccc(C)c(C)c2)c1. The summed E-state index contributed by atoms with van der Waals surface area (Å²) in [6, 6.07) is 14.4. The van der Waals surface area contributed by atoms with E-state index in [4.69, 9.17) is 17.0 Å².